The molecule has 1 aromatic heterocycles. The van der Waals surface area contributed by atoms with Crippen LogP contribution < -0.4 is 5.73 Å². The highest BCUT2D eigenvalue weighted by molar-refractivity contribution is 7.99. The lowest BCUT2D eigenvalue weighted by Gasteiger charge is -2.03. The Balaban J connectivity index is 2.26. The normalized spacial score (nSPS) is 10.4. The topological polar surface area (TPSA) is 51.8 Å². The molecule has 0 bridgehead atoms. The molecule has 0 unspecified atom stereocenters. The van der Waals surface area contributed by atoms with Gasteiger partial charge in [0.2, 0.25) is 5.28 Å². The first kappa shape index (κ1) is 11.2. The van der Waals surface area contributed by atoms with Gasteiger partial charge in [0, 0.05) is 4.90 Å². The molecule has 0 saturated carbocycles. The molecule has 82 valence electrons. The summed E-state index contributed by atoms with van der Waals surface area (Å²) in [6.45, 7) is 0. The van der Waals surface area contributed by atoms with Crippen LogP contribution in [0.4, 0.5) is 10.1 Å². The van der Waals surface area contributed by atoms with Gasteiger partial charge < -0.3 is 5.73 Å². The lowest BCUT2D eigenvalue weighted by Crippen LogP contribution is -1.94. The van der Waals surface area contributed by atoms with Gasteiger partial charge in [-0.25, -0.2) is 14.4 Å². The van der Waals surface area contributed by atoms with Gasteiger partial charge in [0.05, 0.1) is 11.9 Å². The maximum atomic E-state index is 12.7. The van der Waals surface area contributed by atoms with Gasteiger partial charge in [-0.05, 0) is 35.9 Å². The molecule has 0 atom stereocenters. The first-order valence-corrected chi connectivity index (χ1v) is 5.56. The summed E-state index contributed by atoms with van der Waals surface area (Å²) >= 11 is 6.97. The summed E-state index contributed by atoms with van der Waals surface area (Å²) in [6, 6.07) is 6.05. The molecule has 0 aliphatic rings. The van der Waals surface area contributed by atoms with Crippen molar-refractivity contribution >= 4 is 29.1 Å². The van der Waals surface area contributed by atoms with E-state index in [1.165, 1.54) is 30.1 Å². The van der Waals surface area contributed by atoms with Crippen molar-refractivity contribution in [2.75, 3.05) is 5.73 Å². The average molecular weight is 256 g/mol. The van der Waals surface area contributed by atoms with Crippen molar-refractivity contribution < 1.29 is 4.39 Å². The van der Waals surface area contributed by atoms with E-state index in [1.54, 1.807) is 12.1 Å². The third kappa shape index (κ3) is 2.62. The van der Waals surface area contributed by atoms with Crippen LogP contribution in [0.3, 0.4) is 0 Å². The monoisotopic (exact) mass is 255 g/mol. The standard InChI is InChI=1S/C10H7ClFN3S/c11-10-14-5-8(13)9(15-10)16-7-3-1-6(12)2-4-7/h1-5H,13H2. The second-order valence-corrected chi connectivity index (χ2v) is 4.36. The summed E-state index contributed by atoms with van der Waals surface area (Å²) in [5.74, 6) is -0.280. The molecule has 1 aromatic carbocycles. The van der Waals surface area contributed by atoms with Crippen LogP contribution in [-0.4, -0.2) is 9.97 Å². The number of benzene rings is 1. The largest absolute Gasteiger partial charge is 0.395 e. The van der Waals surface area contributed by atoms with Gasteiger partial charge in [-0.2, -0.15) is 0 Å². The van der Waals surface area contributed by atoms with Crippen molar-refractivity contribution in [2.24, 2.45) is 0 Å². The Morgan fingerprint density at radius 1 is 1.25 bits per heavy atom. The van der Waals surface area contributed by atoms with Gasteiger partial charge >= 0.3 is 0 Å². The molecule has 0 fully saturated rings. The van der Waals surface area contributed by atoms with Crippen LogP contribution in [0.25, 0.3) is 0 Å². The Morgan fingerprint density at radius 3 is 2.62 bits per heavy atom. The number of halogens is 2. The van der Waals surface area contributed by atoms with E-state index in [4.69, 9.17) is 17.3 Å². The van der Waals surface area contributed by atoms with Crippen molar-refractivity contribution in [3.05, 3.63) is 41.6 Å². The van der Waals surface area contributed by atoms with Crippen LogP contribution in [0, 0.1) is 5.82 Å². The zero-order chi connectivity index (χ0) is 11.5. The van der Waals surface area contributed by atoms with Gasteiger partial charge in [0.15, 0.2) is 0 Å². The minimum atomic E-state index is -0.280. The maximum absolute atomic E-state index is 12.7. The van der Waals surface area contributed by atoms with E-state index >= 15 is 0 Å². The van der Waals surface area contributed by atoms with Crippen LogP contribution >= 0.6 is 23.4 Å². The highest BCUT2D eigenvalue weighted by Gasteiger charge is 2.05. The number of nitrogen functional groups attached to an aromatic ring is 1. The Morgan fingerprint density at radius 2 is 1.94 bits per heavy atom. The molecule has 6 heteroatoms. The van der Waals surface area contributed by atoms with Crippen LogP contribution in [0.2, 0.25) is 5.28 Å². The summed E-state index contributed by atoms with van der Waals surface area (Å²) in [4.78, 5) is 8.58. The van der Waals surface area contributed by atoms with E-state index in [-0.39, 0.29) is 11.1 Å². The smallest absolute Gasteiger partial charge is 0.223 e. The van der Waals surface area contributed by atoms with Gasteiger partial charge in [0.25, 0.3) is 0 Å². The summed E-state index contributed by atoms with van der Waals surface area (Å²) in [7, 11) is 0. The predicted molar refractivity (Wildman–Crippen MR) is 62.0 cm³/mol. The number of anilines is 1. The molecule has 0 aliphatic heterocycles. The third-order valence-electron chi connectivity index (χ3n) is 1.78. The molecule has 0 aliphatic carbocycles. The lowest BCUT2D eigenvalue weighted by molar-refractivity contribution is 0.626. The molecule has 1 heterocycles. The van der Waals surface area contributed by atoms with Crippen LogP contribution in [-0.2, 0) is 0 Å². The fourth-order valence-corrected chi connectivity index (χ4v) is 2.03. The average Bonchev–Trinajstić information content (AvgIpc) is 2.27. The van der Waals surface area contributed by atoms with E-state index in [1.807, 2.05) is 0 Å². The number of hydrogen-bond acceptors (Lipinski definition) is 4. The number of aromatic nitrogens is 2. The summed E-state index contributed by atoms with van der Waals surface area (Å²) < 4.78 is 12.7. The molecule has 2 N–H and O–H groups in total. The van der Waals surface area contributed by atoms with E-state index in [2.05, 4.69) is 9.97 Å². The number of hydrogen-bond donors (Lipinski definition) is 1. The van der Waals surface area contributed by atoms with Gasteiger partial charge in [-0.15, -0.1) is 0 Å². The van der Waals surface area contributed by atoms with E-state index < -0.39 is 0 Å². The second-order valence-electron chi connectivity index (χ2n) is 2.96. The molecule has 16 heavy (non-hydrogen) atoms. The van der Waals surface area contributed by atoms with Crippen molar-refractivity contribution in [3.8, 4) is 0 Å². The van der Waals surface area contributed by atoms with Gasteiger partial charge in [-0.1, -0.05) is 11.8 Å². The van der Waals surface area contributed by atoms with Gasteiger partial charge in [-0.3, -0.25) is 0 Å². The molecule has 0 saturated heterocycles. The predicted octanol–water partition coefficient (Wildman–Crippen LogP) is 3.00. The van der Waals surface area contributed by atoms with E-state index in [0.29, 0.717) is 10.7 Å². The molecular formula is C10H7ClFN3S. The molecular weight excluding hydrogens is 249 g/mol. The SMILES string of the molecule is Nc1cnc(Cl)nc1Sc1ccc(F)cc1. The molecule has 0 spiro atoms. The highest BCUT2D eigenvalue weighted by atomic mass is 35.5. The van der Waals surface area contributed by atoms with Crippen LogP contribution in [0.15, 0.2) is 40.4 Å². The fourth-order valence-electron chi connectivity index (χ4n) is 1.05. The minimum Gasteiger partial charge on any atom is -0.395 e. The second kappa shape index (κ2) is 4.67. The quantitative estimate of drug-likeness (QED) is 0.662. The fraction of sp³-hybridized carbons (Fsp3) is 0. The van der Waals surface area contributed by atoms with E-state index in [0.717, 1.165) is 4.90 Å². The maximum Gasteiger partial charge on any atom is 0.223 e. The van der Waals surface area contributed by atoms with Crippen LogP contribution in [0.5, 0.6) is 0 Å². The molecule has 0 radical (unpaired) electrons. The number of nitrogens with two attached hydrogens (primary N) is 1. The first-order chi connectivity index (χ1) is 7.65. The first-order valence-electron chi connectivity index (χ1n) is 4.36. The Bertz CT molecular complexity index is 504. The number of rotatable bonds is 2. The summed E-state index contributed by atoms with van der Waals surface area (Å²) in [5.41, 5.74) is 6.13. The Kier molecular flexibility index (Phi) is 3.26. The zero-order valence-electron chi connectivity index (χ0n) is 8.02. The van der Waals surface area contributed by atoms with Crippen molar-refractivity contribution in [1.29, 1.82) is 0 Å². The van der Waals surface area contributed by atoms with Crippen molar-refractivity contribution in [1.82, 2.24) is 9.97 Å². The van der Waals surface area contributed by atoms with Crippen LogP contribution in [0.1, 0.15) is 0 Å². The Labute approximate surface area is 101 Å². The lowest BCUT2D eigenvalue weighted by atomic mass is 10.4. The number of nitrogens with zero attached hydrogens (tertiary/aromatic N) is 2. The van der Waals surface area contributed by atoms with Crippen molar-refractivity contribution in [2.45, 2.75) is 9.92 Å². The summed E-state index contributed by atoms with van der Waals surface area (Å²) in [5, 5.41) is 0.699. The highest BCUT2D eigenvalue weighted by Crippen LogP contribution is 2.30. The molecule has 3 nitrogen and oxygen atoms in total. The Hall–Kier alpha value is -1.33. The van der Waals surface area contributed by atoms with E-state index in [9.17, 15) is 4.39 Å². The summed E-state index contributed by atoms with van der Waals surface area (Å²) in [6.07, 6.45) is 1.45. The van der Waals surface area contributed by atoms with Crippen molar-refractivity contribution in [3.63, 3.8) is 0 Å². The molecule has 0 amide bonds. The molecule has 2 rings (SSSR count). The zero-order valence-corrected chi connectivity index (χ0v) is 9.60. The molecule has 2 aromatic rings. The minimum absolute atomic E-state index is 0.138. The van der Waals surface area contributed by atoms with Gasteiger partial charge in [0.1, 0.15) is 10.8 Å². The third-order valence-corrected chi connectivity index (χ3v) is 2.99.